The highest BCUT2D eigenvalue weighted by atomic mass is 32.2. The van der Waals surface area contributed by atoms with E-state index in [0.717, 1.165) is 80.0 Å². The van der Waals surface area contributed by atoms with Crippen molar-refractivity contribution < 1.29 is 52.8 Å². The first-order valence-corrected chi connectivity index (χ1v) is 36.2. The van der Waals surface area contributed by atoms with E-state index in [0.29, 0.717) is 35.9 Å². The van der Waals surface area contributed by atoms with Gasteiger partial charge in [0.05, 0.1) is 73.0 Å². The molecular weight excluding hydrogens is 1210 g/mol. The van der Waals surface area contributed by atoms with Crippen LogP contribution in [-0.4, -0.2) is 201 Å². The molecule has 0 saturated carbocycles. The van der Waals surface area contributed by atoms with Crippen molar-refractivity contribution in [3.8, 4) is 0 Å². The van der Waals surface area contributed by atoms with Crippen molar-refractivity contribution in [1.82, 2.24) is 39.9 Å². The number of nitrogens with zero attached hydrogens (tertiary/aromatic N) is 6. The standard InChI is InChI=1S/C27H39N3O5S2Si.C20H25N3O5S2.C11H16N2OS2/c1-9-12-34-26(32)23-24(16(2)22-21(25(31)30(22)23)17(3)35-38(6,7)8)37-27-28-20(15-36-27)18-10-11-29(4)19(13-18)14-33-5;1-9-15-14(10(2)24)18(25)23(15)16(19(26)27)17(9)30-20-22-13(8-29-20)11-4-5-21-12(6-11)7-28-3;1-13-4-3-8(5-9(13)6-14-2)10-7-16-11(15)12-10/h9-10,15-17,19,21-22H,1,11-14H2,2-8H3;4,8-10,12,14-15,21,24H,5-7H2,1-3H3,(H,26,27);3,7,9H,4-6H2,1-2H3,(H,12,15)/t16-,17-,19+,21-,22-;9-,10-,12+,14-,15-;9-/m110/s1. The molecule has 2 saturated heterocycles. The number of amides is 2. The second-order valence-corrected chi connectivity index (χ2v) is 33.3. The predicted octanol–water partition coefficient (Wildman–Crippen LogP) is 8.95. The Morgan fingerprint density at radius 3 is 1.85 bits per heavy atom. The van der Waals surface area contributed by atoms with Gasteiger partial charge in [0.2, 0.25) is 11.8 Å². The van der Waals surface area contributed by atoms with Crippen LogP contribution >= 0.6 is 69.8 Å². The number of H-pyrrole nitrogens is 1. The van der Waals surface area contributed by atoms with Crippen molar-refractivity contribution in [2.75, 3.05) is 81.5 Å². The number of ether oxygens (including phenoxy) is 4. The molecule has 26 heteroatoms. The number of carbonyl (C=O) groups is 4. The van der Waals surface area contributed by atoms with Gasteiger partial charge >= 0.3 is 11.9 Å². The number of hydrogen-bond donors (Lipinski definition) is 4. The Kier molecular flexibility index (Phi) is 22.7. The van der Waals surface area contributed by atoms with E-state index in [1.165, 1.54) is 62.7 Å². The predicted molar refractivity (Wildman–Crippen MR) is 338 cm³/mol. The zero-order valence-electron chi connectivity index (χ0n) is 49.9. The Bertz CT molecular complexity index is 3130. The number of fused-ring (bicyclic) bond motifs is 2. The molecule has 7 aliphatic heterocycles. The molecular formula is C58H80N8O11S6Si. The normalized spacial score (nSPS) is 26.8. The first-order chi connectivity index (χ1) is 40.0. The average Bonchev–Trinajstić information content (AvgIpc) is 1.63. The molecule has 0 unspecified atom stereocenters. The maximum atomic E-state index is 13.4. The summed E-state index contributed by atoms with van der Waals surface area (Å²) in [5, 5.41) is 29.3. The van der Waals surface area contributed by atoms with E-state index < -0.39 is 32.3 Å². The van der Waals surface area contributed by atoms with Gasteiger partial charge in [0.25, 0.3) is 0 Å². The summed E-state index contributed by atoms with van der Waals surface area (Å²) < 4.78 is 30.0. The summed E-state index contributed by atoms with van der Waals surface area (Å²) in [7, 11) is 7.56. The van der Waals surface area contributed by atoms with E-state index in [9.17, 15) is 29.4 Å². The number of hydrogen-bond acceptors (Lipinski definition) is 21. The Morgan fingerprint density at radius 2 is 1.32 bits per heavy atom. The number of β-lactam (4-membered cyclic amide) rings is 2. The minimum atomic E-state index is -1.84. The molecule has 3 aromatic rings. The molecule has 10 rings (SSSR count). The number of methoxy groups -OCH3 is 3. The maximum absolute atomic E-state index is 13.4. The molecule has 458 valence electrons. The van der Waals surface area contributed by atoms with Gasteiger partial charge in [-0.25, -0.2) is 19.6 Å². The Balaban J connectivity index is 0.000000177. The van der Waals surface area contributed by atoms with E-state index in [-0.39, 0.29) is 66.1 Å². The number of thioether (sulfide) groups is 2. The number of aromatic nitrogens is 3. The van der Waals surface area contributed by atoms with Crippen LogP contribution in [0.25, 0.3) is 16.7 Å². The van der Waals surface area contributed by atoms with Crippen LogP contribution < -0.4 is 5.32 Å². The summed E-state index contributed by atoms with van der Waals surface area (Å²) in [5.74, 6) is -3.07. The van der Waals surface area contributed by atoms with Crippen molar-refractivity contribution in [2.45, 2.75) is 118 Å². The summed E-state index contributed by atoms with van der Waals surface area (Å²) in [6.45, 7) is 22.3. The fourth-order valence-electron chi connectivity index (χ4n) is 11.9. The Morgan fingerprint density at radius 1 is 0.798 bits per heavy atom. The van der Waals surface area contributed by atoms with Crippen LogP contribution in [0.5, 0.6) is 0 Å². The number of aromatic amines is 1. The third-order valence-corrected chi connectivity index (χ3v) is 22.7. The zero-order valence-corrected chi connectivity index (χ0v) is 55.8. The molecule has 4 N–H and O–H groups in total. The van der Waals surface area contributed by atoms with Crippen molar-refractivity contribution in [2.24, 2.45) is 23.7 Å². The van der Waals surface area contributed by atoms with Gasteiger partial charge < -0.3 is 53.7 Å². The molecule has 0 aliphatic carbocycles. The fraction of sp³-hybridized carbons (Fsp3) is 0.569. The molecule has 0 radical (unpaired) electrons. The maximum Gasteiger partial charge on any atom is 0.356 e. The SMILES string of the molecule is C=CCOC(=O)C1=C(Sc2nc(C3=CCN(C)[C@H](COC)C3)cs2)[C@H](C)[C@@H]2[C@@H]([C@@H](C)O[Si](C)(C)C)C(=O)N12.COC[C@@H]1CC(c2csc(=S)[nH]2)=CCN1C.COC[C@@H]1CC(c2csc(SC3=C(C(=O)O)N4C(=O)[C@H]([C@@H](C)O)[C@H]4[C@H]3C)n2)=CCN1. The topological polar surface area (TPSA) is 221 Å². The van der Waals surface area contributed by atoms with Crippen LogP contribution in [0.2, 0.25) is 19.6 Å². The number of likely N-dealkylation sites (N-methyl/N-ethyl adjacent to an activating group) is 2. The van der Waals surface area contributed by atoms with Gasteiger partial charge in [-0.05, 0) is 95.8 Å². The number of carboxylic acids is 1. The average molecular weight is 1290 g/mol. The van der Waals surface area contributed by atoms with Crippen LogP contribution in [0.3, 0.4) is 0 Å². The number of esters is 1. The molecule has 7 aliphatic rings. The van der Waals surface area contributed by atoms with Crippen LogP contribution in [0.15, 0.2) is 76.9 Å². The van der Waals surface area contributed by atoms with Gasteiger partial charge in [-0.15, -0.1) is 34.0 Å². The highest BCUT2D eigenvalue weighted by Crippen LogP contribution is 2.54. The largest absolute Gasteiger partial charge is 0.477 e. The molecule has 0 spiro atoms. The summed E-state index contributed by atoms with van der Waals surface area (Å²) >= 11 is 12.5. The fourth-order valence-corrected chi connectivity index (χ4v) is 18.3. The number of carbonyl (C=O) groups excluding carboxylic acids is 3. The van der Waals surface area contributed by atoms with Crippen LogP contribution in [0.1, 0.15) is 64.0 Å². The monoisotopic (exact) mass is 1280 g/mol. The lowest BCUT2D eigenvalue weighted by molar-refractivity contribution is -0.163. The van der Waals surface area contributed by atoms with E-state index in [1.54, 1.807) is 55.8 Å². The minimum Gasteiger partial charge on any atom is -0.477 e. The summed E-state index contributed by atoms with van der Waals surface area (Å²) in [4.78, 5) is 72.9. The molecule has 11 atom stereocenters. The zero-order chi connectivity index (χ0) is 60.9. The van der Waals surface area contributed by atoms with E-state index >= 15 is 0 Å². The number of rotatable bonds is 21. The Hall–Kier alpha value is -3.97. The number of aliphatic hydroxyl groups is 1. The third-order valence-electron chi connectivity index (χ3n) is 16.1. The quantitative estimate of drug-likeness (QED) is 0.0257. The smallest absolute Gasteiger partial charge is 0.356 e. The second kappa shape index (κ2) is 28.9. The van der Waals surface area contributed by atoms with Crippen LogP contribution in [0, 0.1) is 27.6 Å². The number of aliphatic carboxylic acids is 1. The number of carboxylic acid groups (broad SMARTS) is 1. The number of nitrogens with one attached hydrogen (secondary N) is 2. The molecule has 3 aromatic heterocycles. The number of thiazole rings is 3. The van der Waals surface area contributed by atoms with Gasteiger partial charge in [0.15, 0.2) is 21.0 Å². The lowest BCUT2D eigenvalue weighted by atomic mass is 9.79. The van der Waals surface area contributed by atoms with Gasteiger partial charge in [0.1, 0.15) is 18.0 Å². The van der Waals surface area contributed by atoms with E-state index in [1.807, 2.05) is 19.2 Å². The summed E-state index contributed by atoms with van der Waals surface area (Å²) in [6.07, 6.45) is 9.83. The van der Waals surface area contributed by atoms with E-state index in [4.69, 9.17) is 45.6 Å². The molecule has 84 heavy (non-hydrogen) atoms. The highest BCUT2D eigenvalue weighted by molar-refractivity contribution is 8.05. The lowest BCUT2D eigenvalue weighted by Gasteiger charge is -2.48. The summed E-state index contributed by atoms with van der Waals surface area (Å²) in [5.41, 5.74) is 7.11. The first kappa shape index (κ1) is 66.0. The van der Waals surface area contributed by atoms with Gasteiger partial charge in [-0.1, -0.05) is 68.3 Å². The van der Waals surface area contributed by atoms with Crippen molar-refractivity contribution in [3.05, 3.63) is 89.3 Å². The second-order valence-electron chi connectivity index (χ2n) is 23.0. The highest BCUT2D eigenvalue weighted by Gasteiger charge is 2.62. The molecule has 19 nitrogen and oxygen atoms in total. The van der Waals surface area contributed by atoms with Crippen molar-refractivity contribution in [1.29, 1.82) is 0 Å². The molecule has 0 aromatic carbocycles. The van der Waals surface area contributed by atoms with Crippen LogP contribution in [-0.2, 0) is 42.6 Å². The minimum absolute atomic E-state index is 0.0254. The molecule has 0 bridgehead atoms. The lowest BCUT2D eigenvalue weighted by Crippen LogP contribution is -2.64. The third kappa shape index (κ3) is 14.8. The summed E-state index contributed by atoms with van der Waals surface area (Å²) in [6, 6.07) is 0.581. The van der Waals surface area contributed by atoms with Crippen molar-refractivity contribution >= 4 is 119 Å². The van der Waals surface area contributed by atoms with Gasteiger partial charge in [-0.2, -0.15) is 0 Å². The number of aliphatic hydroxyl groups excluding tert-OH is 1. The van der Waals surface area contributed by atoms with Gasteiger partial charge in [-0.3, -0.25) is 19.4 Å². The first-order valence-electron chi connectivity index (χ1n) is 28.2. The molecule has 10 heterocycles. The molecule has 2 fully saturated rings. The van der Waals surface area contributed by atoms with E-state index in [2.05, 4.69) is 96.3 Å². The molecule has 2 amide bonds. The van der Waals surface area contributed by atoms with Gasteiger partial charge in [0, 0.05) is 96.9 Å². The van der Waals surface area contributed by atoms with Crippen molar-refractivity contribution in [3.63, 3.8) is 0 Å². The Labute approximate surface area is 519 Å². The van der Waals surface area contributed by atoms with Crippen LogP contribution in [0.4, 0.5) is 0 Å².